The molecule has 0 spiro atoms. The highest BCUT2D eigenvalue weighted by molar-refractivity contribution is 5.77. The van der Waals surface area contributed by atoms with Crippen LogP contribution in [0.15, 0.2) is 24.4 Å². The smallest absolute Gasteiger partial charge is 0.290 e. The van der Waals surface area contributed by atoms with Crippen molar-refractivity contribution >= 4 is 18.3 Å². The van der Waals surface area contributed by atoms with Gasteiger partial charge >= 0.3 is 0 Å². The Morgan fingerprint density at radius 3 is 2.58 bits per heavy atom. The molecule has 0 aromatic carbocycles. The summed E-state index contributed by atoms with van der Waals surface area (Å²) in [5.74, 6) is 0.751. The Morgan fingerprint density at radius 1 is 1.19 bits per heavy atom. The predicted octanol–water partition coefficient (Wildman–Crippen LogP) is 1.18. The Hall–Kier alpha value is -2.52. The molecule has 1 aromatic rings. The van der Waals surface area contributed by atoms with Gasteiger partial charge in [-0.05, 0) is 50.7 Å². The Bertz CT molecular complexity index is 684. The van der Waals surface area contributed by atoms with Crippen molar-refractivity contribution in [1.82, 2.24) is 20.5 Å². The van der Waals surface area contributed by atoms with Crippen molar-refractivity contribution in [2.75, 3.05) is 26.3 Å². The van der Waals surface area contributed by atoms with Gasteiger partial charge in [-0.15, -0.1) is 0 Å². The maximum atomic E-state index is 12.5. The fourth-order valence-corrected chi connectivity index (χ4v) is 3.81. The Labute approximate surface area is 183 Å². The molecule has 0 unspecified atom stereocenters. The molecular weight excluding hydrogens is 400 g/mol. The van der Waals surface area contributed by atoms with E-state index in [2.05, 4.69) is 20.5 Å². The number of pyridine rings is 1. The van der Waals surface area contributed by atoms with Gasteiger partial charge < -0.3 is 20.5 Å². The molecule has 9 heteroatoms. The van der Waals surface area contributed by atoms with Crippen LogP contribution in [-0.2, 0) is 25.7 Å². The minimum atomic E-state index is -0.250. The number of nitrogens with one attached hydrogen (secondary N) is 2. The van der Waals surface area contributed by atoms with E-state index in [1.807, 2.05) is 25.1 Å². The molecule has 2 heterocycles. The van der Waals surface area contributed by atoms with Crippen LogP contribution >= 0.6 is 0 Å². The fourth-order valence-electron chi connectivity index (χ4n) is 3.81. The molecule has 2 aliphatic rings. The minimum Gasteiger partial charge on any atom is -0.483 e. The summed E-state index contributed by atoms with van der Waals surface area (Å²) >= 11 is 0. The van der Waals surface area contributed by atoms with E-state index in [1.165, 1.54) is 12.8 Å². The number of ether oxygens (including phenoxy) is 1. The van der Waals surface area contributed by atoms with Crippen LogP contribution in [0.1, 0.15) is 44.7 Å². The lowest BCUT2D eigenvalue weighted by Gasteiger charge is -2.30. The van der Waals surface area contributed by atoms with Crippen molar-refractivity contribution in [2.24, 2.45) is 5.92 Å². The molecule has 1 aliphatic carbocycles. The van der Waals surface area contributed by atoms with E-state index < -0.39 is 0 Å². The van der Waals surface area contributed by atoms with Gasteiger partial charge in [0.2, 0.25) is 11.8 Å². The van der Waals surface area contributed by atoms with Gasteiger partial charge in [0.1, 0.15) is 6.61 Å². The highest BCUT2D eigenvalue weighted by atomic mass is 16.5. The quantitative estimate of drug-likeness (QED) is 0.447. The number of amides is 2. The summed E-state index contributed by atoms with van der Waals surface area (Å²) in [5.41, 5.74) is 0.868. The van der Waals surface area contributed by atoms with E-state index in [0.717, 1.165) is 31.0 Å². The van der Waals surface area contributed by atoms with Crippen molar-refractivity contribution in [3.63, 3.8) is 0 Å². The second kappa shape index (κ2) is 13.7. The summed E-state index contributed by atoms with van der Waals surface area (Å²) in [6.45, 7) is 4.41. The molecule has 1 saturated heterocycles. The molecule has 9 nitrogen and oxygen atoms in total. The molecule has 2 fully saturated rings. The van der Waals surface area contributed by atoms with Crippen molar-refractivity contribution in [1.29, 1.82) is 0 Å². The number of hydrogen-bond donors (Lipinski definition) is 3. The molecular formula is C22H34N4O5. The zero-order valence-corrected chi connectivity index (χ0v) is 18.2. The molecule has 1 aliphatic heterocycles. The van der Waals surface area contributed by atoms with E-state index in [4.69, 9.17) is 14.6 Å². The van der Waals surface area contributed by atoms with Gasteiger partial charge in [-0.1, -0.05) is 6.07 Å². The number of carboxylic acid groups (broad SMARTS) is 1. The van der Waals surface area contributed by atoms with Crippen LogP contribution in [0, 0.1) is 5.92 Å². The Balaban J connectivity index is 0.00000107. The minimum absolute atomic E-state index is 0.0650. The first kappa shape index (κ1) is 24.7. The molecule has 1 saturated carbocycles. The van der Waals surface area contributed by atoms with Crippen molar-refractivity contribution < 1.29 is 24.2 Å². The predicted molar refractivity (Wildman–Crippen MR) is 115 cm³/mol. The Kier molecular flexibility index (Phi) is 10.9. The van der Waals surface area contributed by atoms with Crippen molar-refractivity contribution in [3.8, 4) is 0 Å². The van der Waals surface area contributed by atoms with Crippen LogP contribution in [0.2, 0.25) is 0 Å². The van der Waals surface area contributed by atoms with Crippen molar-refractivity contribution in [3.05, 3.63) is 30.1 Å². The Morgan fingerprint density at radius 2 is 1.94 bits per heavy atom. The molecule has 31 heavy (non-hydrogen) atoms. The molecule has 2 atom stereocenters. The lowest BCUT2D eigenvalue weighted by molar-refractivity contribution is -0.126. The van der Waals surface area contributed by atoms with Gasteiger partial charge in [-0.2, -0.15) is 0 Å². The van der Waals surface area contributed by atoms with E-state index in [0.29, 0.717) is 32.2 Å². The second-order valence-electron chi connectivity index (χ2n) is 7.87. The van der Waals surface area contributed by atoms with Crippen molar-refractivity contribution in [2.45, 2.75) is 57.7 Å². The van der Waals surface area contributed by atoms with Crippen LogP contribution in [0.3, 0.4) is 0 Å². The van der Waals surface area contributed by atoms with Gasteiger partial charge in [0, 0.05) is 44.4 Å². The number of carbonyl (C=O) groups excluding carboxylic acids is 2. The van der Waals surface area contributed by atoms with E-state index in [9.17, 15) is 9.59 Å². The van der Waals surface area contributed by atoms with E-state index in [1.54, 1.807) is 6.20 Å². The summed E-state index contributed by atoms with van der Waals surface area (Å²) in [7, 11) is 0. The number of aromatic nitrogens is 1. The molecule has 1 aromatic heterocycles. The zero-order valence-electron chi connectivity index (χ0n) is 18.2. The normalized spacial score (nSPS) is 20.4. The summed E-state index contributed by atoms with van der Waals surface area (Å²) in [6, 6.07) is 6.26. The first-order valence-corrected chi connectivity index (χ1v) is 10.9. The first-order chi connectivity index (χ1) is 15.1. The lowest BCUT2D eigenvalue weighted by atomic mass is 10.1. The van der Waals surface area contributed by atoms with Gasteiger partial charge in [-0.3, -0.25) is 24.3 Å². The topological polar surface area (TPSA) is 121 Å². The van der Waals surface area contributed by atoms with Gasteiger partial charge in [0.25, 0.3) is 6.47 Å². The SMILES string of the molecule is CCOCC(=O)NC[C@@H]1CC[C@H](CC(=O)NCc2ccccn2)N1CC1CC1.O=CO. The van der Waals surface area contributed by atoms with E-state index >= 15 is 0 Å². The number of hydrogen-bond acceptors (Lipinski definition) is 6. The van der Waals surface area contributed by atoms with Crippen LogP contribution in [0.25, 0.3) is 0 Å². The fraction of sp³-hybridized carbons (Fsp3) is 0.636. The van der Waals surface area contributed by atoms with Crippen LogP contribution < -0.4 is 10.6 Å². The summed E-state index contributed by atoms with van der Waals surface area (Å²) in [6.07, 6.45) is 6.80. The maximum Gasteiger partial charge on any atom is 0.290 e. The number of carbonyl (C=O) groups is 3. The average Bonchev–Trinajstić information content (AvgIpc) is 3.52. The molecule has 0 bridgehead atoms. The van der Waals surface area contributed by atoms with Crippen LogP contribution in [0.4, 0.5) is 0 Å². The van der Waals surface area contributed by atoms with Gasteiger partial charge in [-0.25, -0.2) is 0 Å². The summed E-state index contributed by atoms with van der Waals surface area (Å²) < 4.78 is 5.17. The maximum absolute atomic E-state index is 12.5. The molecule has 3 rings (SSSR count). The summed E-state index contributed by atoms with van der Waals surface area (Å²) in [4.78, 5) is 39.4. The third kappa shape index (κ3) is 9.44. The number of rotatable bonds is 11. The zero-order chi connectivity index (χ0) is 22.5. The third-order valence-corrected chi connectivity index (χ3v) is 5.52. The van der Waals surface area contributed by atoms with Gasteiger partial charge in [0.05, 0.1) is 12.2 Å². The molecule has 3 N–H and O–H groups in total. The largest absolute Gasteiger partial charge is 0.483 e. The number of likely N-dealkylation sites (tertiary alicyclic amines) is 1. The standard InChI is InChI=1S/C21H32N4O3.CH2O2/c1-2-28-15-21(27)24-13-19-9-8-18(25(19)14-16-6-7-16)11-20(26)23-12-17-5-3-4-10-22-17;2-1-3/h3-5,10,16,18-19H,2,6-9,11-15H2,1H3,(H,23,26)(H,24,27);1H,(H,2,3)/t18-,19+;/m1./s1. The van der Waals surface area contributed by atoms with Crippen LogP contribution in [0.5, 0.6) is 0 Å². The average molecular weight is 435 g/mol. The first-order valence-electron chi connectivity index (χ1n) is 10.9. The van der Waals surface area contributed by atoms with Gasteiger partial charge in [0.15, 0.2) is 0 Å². The highest BCUT2D eigenvalue weighted by Crippen LogP contribution is 2.35. The van der Waals surface area contributed by atoms with Crippen LogP contribution in [-0.4, -0.2) is 71.7 Å². The van der Waals surface area contributed by atoms with E-state index in [-0.39, 0.29) is 30.9 Å². The molecule has 2 amide bonds. The molecule has 172 valence electrons. The highest BCUT2D eigenvalue weighted by Gasteiger charge is 2.37. The molecule has 0 radical (unpaired) electrons. The number of nitrogens with zero attached hydrogens (tertiary/aromatic N) is 2. The third-order valence-electron chi connectivity index (χ3n) is 5.52. The monoisotopic (exact) mass is 434 g/mol. The summed E-state index contributed by atoms with van der Waals surface area (Å²) in [5, 5.41) is 12.9. The second-order valence-corrected chi connectivity index (χ2v) is 7.87. The lowest BCUT2D eigenvalue weighted by Crippen LogP contribution is -2.46.